The second-order valence-electron chi connectivity index (χ2n) is 9.58. The van der Waals surface area contributed by atoms with Crippen LogP contribution in [0.2, 0.25) is 0 Å². The van der Waals surface area contributed by atoms with Gasteiger partial charge in [-0.1, -0.05) is 37.3 Å². The molecule has 4 rings (SSSR count). The Kier molecular flexibility index (Phi) is 8.89. The molecule has 5 atom stereocenters. The molecule has 1 aliphatic rings. The first-order valence-corrected chi connectivity index (χ1v) is 13.0. The van der Waals surface area contributed by atoms with Gasteiger partial charge in [0, 0.05) is 38.6 Å². The van der Waals surface area contributed by atoms with Crippen LogP contribution in [0.4, 0.5) is 0 Å². The third kappa shape index (κ3) is 6.51. The average molecular weight is 553 g/mol. The number of esters is 4. The van der Waals surface area contributed by atoms with Crippen molar-refractivity contribution in [1.29, 1.82) is 0 Å². The van der Waals surface area contributed by atoms with Gasteiger partial charge in [-0.25, -0.2) is 0 Å². The molecule has 10 heteroatoms. The summed E-state index contributed by atoms with van der Waals surface area (Å²) in [5, 5.41) is 0.787. The van der Waals surface area contributed by atoms with Crippen LogP contribution in [0.25, 0.3) is 22.1 Å². The summed E-state index contributed by atoms with van der Waals surface area (Å²) >= 11 is 0. The van der Waals surface area contributed by atoms with Gasteiger partial charge < -0.3 is 28.1 Å². The summed E-state index contributed by atoms with van der Waals surface area (Å²) in [7, 11) is 0. The highest BCUT2D eigenvalue weighted by Gasteiger charge is 2.52. The van der Waals surface area contributed by atoms with E-state index in [9.17, 15) is 19.2 Å². The third-order valence-corrected chi connectivity index (χ3v) is 6.59. The molecule has 2 aromatic carbocycles. The van der Waals surface area contributed by atoms with E-state index < -0.39 is 54.4 Å². The number of rotatable bonds is 8. The van der Waals surface area contributed by atoms with E-state index in [4.69, 9.17) is 28.1 Å². The van der Waals surface area contributed by atoms with E-state index in [0.717, 1.165) is 22.9 Å². The molecule has 212 valence electrons. The summed E-state index contributed by atoms with van der Waals surface area (Å²) in [6.45, 7) is 6.61. The summed E-state index contributed by atoms with van der Waals surface area (Å²) in [5.74, 6) is -2.60. The summed E-state index contributed by atoms with van der Waals surface area (Å²) in [4.78, 5) is 47.9. The maximum absolute atomic E-state index is 12.2. The first-order chi connectivity index (χ1) is 19.1. The minimum Gasteiger partial charge on any atom is -0.464 e. The maximum Gasteiger partial charge on any atom is 0.303 e. The number of hydrogen-bond acceptors (Lipinski definition) is 10. The van der Waals surface area contributed by atoms with Crippen molar-refractivity contribution in [3.8, 4) is 11.1 Å². The van der Waals surface area contributed by atoms with Gasteiger partial charge in [-0.15, -0.1) is 0 Å². The van der Waals surface area contributed by atoms with Gasteiger partial charge in [0.1, 0.15) is 24.4 Å². The van der Waals surface area contributed by atoms with E-state index in [-0.39, 0.29) is 6.61 Å². The van der Waals surface area contributed by atoms with Crippen LogP contribution in [-0.4, -0.2) is 54.9 Å². The van der Waals surface area contributed by atoms with Crippen molar-refractivity contribution >= 4 is 34.8 Å². The van der Waals surface area contributed by atoms with Crippen LogP contribution in [0.1, 0.15) is 51.8 Å². The average Bonchev–Trinajstić information content (AvgIpc) is 3.32. The molecule has 1 fully saturated rings. The monoisotopic (exact) mass is 552 g/mol. The number of carbonyl (C=O) groups is 4. The Hall–Kier alpha value is -4.18. The molecule has 3 aromatic rings. The van der Waals surface area contributed by atoms with Crippen LogP contribution >= 0.6 is 0 Å². The molecule has 1 aliphatic heterocycles. The summed E-state index contributed by atoms with van der Waals surface area (Å²) in [6.07, 6.45) is -3.07. The second kappa shape index (κ2) is 12.3. The minimum absolute atomic E-state index is 0.294. The van der Waals surface area contributed by atoms with Crippen molar-refractivity contribution < 1.29 is 47.3 Å². The second-order valence-corrected chi connectivity index (χ2v) is 9.58. The zero-order chi connectivity index (χ0) is 29.0. The number of benzene rings is 2. The molecule has 0 bridgehead atoms. The number of carbonyl (C=O) groups excluding carboxylic acids is 4. The Labute approximate surface area is 231 Å². The first-order valence-electron chi connectivity index (χ1n) is 13.0. The molecular weight excluding hydrogens is 520 g/mol. The molecule has 0 radical (unpaired) electrons. The Bertz CT molecular complexity index is 1390. The Balaban J connectivity index is 1.81. The lowest BCUT2D eigenvalue weighted by Gasteiger charge is -2.44. The largest absolute Gasteiger partial charge is 0.464 e. The summed E-state index contributed by atoms with van der Waals surface area (Å²) < 4.78 is 33.9. The zero-order valence-electron chi connectivity index (χ0n) is 23.0. The predicted octanol–water partition coefficient (Wildman–Crippen LogP) is 4.46. The quantitative estimate of drug-likeness (QED) is 0.292. The van der Waals surface area contributed by atoms with Gasteiger partial charge in [-0.05, 0) is 35.2 Å². The van der Waals surface area contributed by atoms with Crippen molar-refractivity contribution in [3.05, 3.63) is 59.9 Å². The van der Waals surface area contributed by atoms with Crippen LogP contribution in [0.15, 0.2) is 53.1 Å². The highest BCUT2D eigenvalue weighted by molar-refractivity contribution is 5.94. The molecule has 0 spiro atoms. The fourth-order valence-electron chi connectivity index (χ4n) is 4.86. The lowest BCUT2D eigenvalue weighted by Crippen LogP contribution is -2.59. The third-order valence-electron chi connectivity index (χ3n) is 6.59. The number of fused-ring (bicyclic) bond motifs is 1. The van der Waals surface area contributed by atoms with Gasteiger partial charge in [0.2, 0.25) is 0 Å². The minimum atomic E-state index is -1.24. The fraction of sp³-hybridized carbons (Fsp3) is 0.400. The predicted molar refractivity (Wildman–Crippen MR) is 142 cm³/mol. The van der Waals surface area contributed by atoms with Gasteiger partial charge in [0.15, 0.2) is 18.3 Å². The van der Waals surface area contributed by atoms with E-state index >= 15 is 0 Å². The van der Waals surface area contributed by atoms with Crippen molar-refractivity contribution in [3.63, 3.8) is 0 Å². The van der Waals surface area contributed by atoms with E-state index in [1.165, 1.54) is 33.3 Å². The molecule has 0 N–H and O–H groups in total. The Morgan fingerprint density at radius 3 is 2.00 bits per heavy atom. The van der Waals surface area contributed by atoms with Crippen LogP contribution in [-0.2, 0) is 49.3 Å². The van der Waals surface area contributed by atoms with Crippen molar-refractivity contribution in [2.45, 2.75) is 71.6 Å². The van der Waals surface area contributed by atoms with E-state index in [2.05, 4.69) is 19.1 Å². The lowest BCUT2D eigenvalue weighted by atomic mass is 9.89. The summed E-state index contributed by atoms with van der Waals surface area (Å²) in [5.41, 5.74) is 4.22. The van der Waals surface area contributed by atoms with Crippen molar-refractivity contribution in [2.24, 2.45) is 0 Å². The highest BCUT2D eigenvalue weighted by atomic mass is 16.7. The van der Waals surface area contributed by atoms with E-state index in [0.29, 0.717) is 11.1 Å². The molecular formula is C30H32O10. The van der Waals surface area contributed by atoms with Crippen LogP contribution in [0, 0.1) is 0 Å². The first kappa shape index (κ1) is 28.8. The SMILES string of the molecule is CCc1ccc(-c2coc3ccc(C4OC(COC(C)=O)C(OC(C)=O)C(OC(C)=O)C4OC(C)=O)cc23)cc1. The molecule has 1 saturated heterocycles. The van der Waals surface area contributed by atoms with Gasteiger partial charge in [0.05, 0.1) is 6.26 Å². The number of furan rings is 1. The van der Waals surface area contributed by atoms with Crippen LogP contribution in [0.5, 0.6) is 0 Å². The Morgan fingerprint density at radius 2 is 1.40 bits per heavy atom. The molecule has 0 amide bonds. The Morgan fingerprint density at radius 1 is 0.775 bits per heavy atom. The molecule has 10 nitrogen and oxygen atoms in total. The molecule has 1 aromatic heterocycles. The number of hydrogen-bond donors (Lipinski definition) is 0. The molecule has 0 saturated carbocycles. The van der Waals surface area contributed by atoms with Crippen molar-refractivity contribution in [1.82, 2.24) is 0 Å². The standard InChI is InChI=1S/C30H32O10/c1-6-20-7-9-21(10-8-20)24-14-36-25-12-11-22(13-23(24)25)27-29(38-18(4)33)30(39-19(5)34)28(37-17(3)32)26(40-27)15-35-16(2)31/h7-14,26-30H,6,15H2,1-5H3. The molecule has 2 heterocycles. The molecule has 0 aliphatic carbocycles. The van der Waals surface area contributed by atoms with Gasteiger partial charge in [0.25, 0.3) is 0 Å². The molecule has 5 unspecified atom stereocenters. The van der Waals surface area contributed by atoms with E-state index in [1.807, 2.05) is 18.2 Å². The highest BCUT2D eigenvalue weighted by Crippen LogP contribution is 2.40. The fourth-order valence-corrected chi connectivity index (χ4v) is 4.86. The van der Waals surface area contributed by atoms with Gasteiger partial charge in [-0.2, -0.15) is 0 Å². The zero-order valence-corrected chi connectivity index (χ0v) is 23.0. The smallest absolute Gasteiger partial charge is 0.303 e. The van der Waals surface area contributed by atoms with Gasteiger partial charge in [-0.3, -0.25) is 19.2 Å². The van der Waals surface area contributed by atoms with Crippen molar-refractivity contribution in [2.75, 3.05) is 6.61 Å². The summed E-state index contributed by atoms with van der Waals surface area (Å²) in [6, 6.07) is 13.5. The van der Waals surface area contributed by atoms with E-state index in [1.54, 1.807) is 18.4 Å². The normalized spacial score (nSPS) is 22.4. The van der Waals surface area contributed by atoms with Crippen LogP contribution in [0.3, 0.4) is 0 Å². The lowest BCUT2D eigenvalue weighted by molar-refractivity contribution is -0.254. The van der Waals surface area contributed by atoms with Crippen LogP contribution < -0.4 is 0 Å². The number of ether oxygens (including phenoxy) is 5. The number of aryl methyl sites for hydroxylation is 1. The maximum atomic E-state index is 12.2. The molecule has 40 heavy (non-hydrogen) atoms. The van der Waals surface area contributed by atoms with Gasteiger partial charge >= 0.3 is 23.9 Å². The topological polar surface area (TPSA) is 128 Å².